The molecule has 0 aromatic heterocycles. The quantitative estimate of drug-likeness (QED) is 0.830. The fourth-order valence-electron chi connectivity index (χ4n) is 2.80. The topological polar surface area (TPSA) is 51.2 Å². The zero-order valence-electron chi connectivity index (χ0n) is 14.6. The van der Waals surface area contributed by atoms with Crippen molar-refractivity contribution in [2.75, 3.05) is 52.4 Å². The van der Waals surface area contributed by atoms with Crippen LogP contribution in [0.4, 0.5) is 5.69 Å². The Bertz CT molecular complexity index is 527. The van der Waals surface area contributed by atoms with E-state index in [0.29, 0.717) is 17.2 Å². The number of amides is 1. The first-order valence-electron chi connectivity index (χ1n) is 7.85. The van der Waals surface area contributed by atoms with E-state index in [0.717, 1.165) is 31.9 Å². The molecule has 0 N–H and O–H groups in total. The van der Waals surface area contributed by atoms with Gasteiger partial charge in [0.1, 0.15) is 0 Å². The molecule has 0 spiro atoms. The van der Waals surface area contributed by atoms with Crippen molar-refractivity contribution >= 4 is 11.6 Å². The van der Waals surface area contributed by atoms with Gasteiger partial charge in [-0.1, -0.05) is 13.8 Å². The Morgan fingerprint density at radius 1 is 0.957 bits per heavy atom. The summed E-state index contributed by atoms with van der Waals surface area (Å²) in [6.45, 7) is 6.91. The Kier molecular flexibility index (Phi) is 5.58. The van der Waals surface area contributed by atoms with Crippen molar-refractivity contribution in [2.45, 2.75) is 13.8 Å². The van der Waals surface area contributed by atoms with E-state index in [1.165, 1.54) is 0 Å². The van der Waals surface area contributed by atoms with Crippen molar-refractivity contribution in [1.82, 2.24) is 4.90 Å². The van der Waals surface area contributed by atoms with E-state index in [1.807, 2.05) is 30.9 Å². The number of carbonyl (C=O) groups is 1. The van der Waals surface area contributed by atoms with Crippen LogP contribution in [-0.4, -0.2) is 58.3 Å². The fraction of sp³-hybridized carbons (Fsp3) is 0.588. The number of piperazine rings is 1. The second-order valence-electron chi connectivity index (χ2n) is 5.85. The summed E-state index contributed by atoms with van der Waals surface area (Å²) in [5.74, 6) is 2.13. The van der Waals surface area contributed by atoms with Crippen LogP contribution in [0.25, 0.3) is 0 Å². The van der Waals surface area contributed by atoms with Gasteiger partial charge in [0, 0.05) is 49.9 Å². The second kappa shape index (κ2) is 7.44. The van der Waals surface area contributed by atoms with Gasteiger partial charge in [0.15, 0.2) is 11.5 Å². The summed E-state index contributed by atoms with van der Waals surface area (Å²) in [7, 11) is 4.82. The molecule has 0 radical (unpaired) electrons. The van der Waals surface area contributed by atoms with Gasteiger partial charge in [-0.05, 0) is 0 Å². The highest BCUT2D eigenvalue weighted by atomic mass is 16.5. The molecular weight excluding hydrogens is 296 g/mol. The molecule has 6 nitrogen and oxygen atoms in total. The standard InChI is InChI=1S/C17H26N2O4/c1-12(2)17(20)19-8-6-18(7-9-19)13-10-14(21-3)16(23-5)15(11-13)22-4/h10-12H,6-9H2,1-5H3. The van der Waals surface area contributed by atoms with Crippen LogP contribution in [0.5, 0.6) is 17.2 Å². The van der Waals surface area contributed by atoms with Crippen molar-refractivity contribution in [1.29, 1.82) is 0 Å². The van der Waals surface area contributed by atoms with Crippen molar-refractivity contribution < 1.29 is 19.0 Å². The Morgan fingerprint density at radius 3 is 1.87 bits per heavy atom. The summed E-state index contributed by atoms with van der Waals surface area (Å²) < 4.78 is 16.2. The molecule has 1 aromatic rings. The maximum absolute atomic E-state index is 12.1. The largest absolute Gasteiger partial charge is 0.493 e. The molecule has 0 atom stereocenters. The van der Waals surface area contributed by atoms with Gasteiger partial charge in [0.25, 0.3) is 0 Å². The predicted molar refractivity (Wildman–Crippen MR) is 89.7 cm³/mol. The number of carbonyl (C=O) groups excluding carboxylic acids is 1. The maximum atomic E-state index is 12.1. The van der Waals surface area contributed by atoms with Crippen LogP contribution < -0.4 is 19.1 Å². The zero-order valence-corrected chi connectivity index (χ0v) is 14.6. The number of rotatable bonds is 5. The third-order valence-electron chi connectivity index (χ3n) is 4.10. The van der Waals surface area contributed by atoms with E-state index in [4.69, 9.17) is 14.2 Å². The minimum absolute atomic E-state index is 0.0442. The van der Waals surface area contributed by atoms with Crippen LogP contribution in [0.15, 0.2) is 12.1 Å². The highest BCUT2D eigenvalue weighted by Crippen LogP contribution is 2.41. The van der Waals surface area contributed by atoms with E-state index >= 15 is 0 Å². The molecule has 2 rings (SSSR count). The maximum Gasteiger partial charge on any atom is 0.225 e. The molecule has 1 amide bonds. The molecule has 0 bridgehead atoms. The van der Waals surface area contributed by atoms with Crippen molar-refractivity contribution in [2.24, 2.45) is 5.92 Å². The smallest absolute Gasteiger partial charge is 0.225 e. The Morgan fingerprint density at radius 2 is 1.48 bits per heavy atom. The molecule has 23 heavy (non-hydrogen) atoms. The molecule has 1 aliphatic heterocycles. The number of benzene rings is 1. The van der Waals surface area contributed by atoms with Crippen LogP contribution in [0, 0.1) is 5.92 Å². The zero-order chi connectivity index (χ0) is 17.0. The molecular formula is C17H26N2O4. The molecule has 1 saturated heterocycles. The van der Waals surface area contributed by atoms with E-state index in [9.17, 15) is 4.79 Å². The number of nitrogens with zero attached hydrogens (tertiary/aromatic N) is 2. The van der Waals surface area contributed by atoms with Gasteiger partial charge in [0.05, 0.1) is 21.3 Å². The van der Waals surface area contributed by atoms with Gasteiger partial charge >= 0.3 is 0 Å². The van der Waals surface area contributed by atoms with E-state index < -0.39 is 0 Å². The molecule has 0 aliphatic carbocycles. The molecule has 1 aliphatic rings. The Labute approximate surface area is 137 Å². The minimum Gasteiger partial charge on any atom is -0.493 e. The molecule has 0 saturated carbocycles. The molecule has 1 aromatic carbocycles. The fourth-order valence-corrected chi connectivity index (χ4v) is 2.80. The van der Waals surface area contributed by atoms with Gasteiger partial charge < -0.3 is 24.0 Å². The Balaban J connectivity index is 2.16. The van der Waals surface area contributed by atoms with Gasteiger partial charge in [-0.3, -0.25) is 4.79 Å². The average Bonchev–Trinajstić information content (AvgIpc) is 2.59. The van der Waals surface area contributed by atoms with Gasteiger partial charge in [-0.25, -0.2) is 0 Å². The molecule has 128 valence electrons. The summed E-state index contributed by atoms with van der Waals surface area (Å²) in [5, 5.41) is 0. The molecule has 6 heteroatoms. The average molecular weight is 322 g/mol. The lowest BCUT2D eigenvalue weighted by Gasteiger charge is -2.37. The van der Waals surface area contributed by atoms with Crippen molar-refractivity contribution in [3.05, 3.63) is 12.1 Å². The van der Waals surface area contributed by atoms with Crippen LogP contribution in [0.3, 0.4) is 0 Å². The highest BCUT2D eigenvalue weighted by molar-refractivity contribution is 5.78. The van der Waals surface area contributed by atoms with Crippen LogP contribution in [0.1, 0.15) is 13.8 Å². The first kappa shape index (κ1) is 17.2. The summed E-state index contributed by atoms with van der Waals surface area (Å²) >= 11 is 0. The summed E-state index contributed by atoms with van der Waals surface area (Å²) in [4.78, 5) is 16.2. The normalized spacial score (nSPS) is 14.9. The highest BCUT2D eigenvalue weighted by Gasteiger charge is 2.24. The minimum atomic E-state index is 0.0442. The van der Waals surface area contributed by atoms with Crippen molar-refractivity contribution in [3.8, 4) is 17.2 Å². The van der Waals surface area contributed by atoms with E-state index in [-0.39, 0.29) is 11.8 Å². The number of anilines is 1. The third kappa shape index (κ3) is 3.63. The lowest BCUT2D eigenvalue weighted by Crippen LogP contribution is -2.49. The first-order chi connectivity index (χ1) is 11.0. The van der Waals surface area contributed by atoms with Crippen LogP contribution in [-0.2, 0) is 4.79 Å². The number of hydrogen-bond acceptors (Lipinski definition) is 5. The van der Waals surface area contributed by atoms with Crippen LogP contribution >= 0.6 is 0 Å². The SMILES string of the molecule is COc1cc(N2CCN(C(=O)C(C)C)CC2)cc(OC)c1OC. The van der Waals surface area contributed by atoms with Crippen LogP contribution in [0.2, 0.25) is 0 Å². The first-order valence-corrected chi connectivity index (χ1v) is 7.85. The second-order valence-corrected chi connectivity index (χ2v) is 5.85. The summed E-state index contributed by atoms with van der Waals surface area (Å²) in [6.07, 6.45) is 0. The van der Waals surface area contributed by atoms with E-state index in [2.05, 4.69) is 4.90 Å². The number of ether oxygens (including phenoxy) is 3. The van der Waals surface area contributed by atoms with Crippen molar-refractivity contribution in [3.63, 3.8) is 0 Å². The van der Waals surface area contributed by atoms with Gasteiger partial charge in [0.2, 0.25) is 11.7 Å². The molecule has 0 unspecified atom stereocenters. The van der Waals surface area contributed by atoms with Gasteiger partial charge in [-0.15, -0.1) is 0 Å². The lowest BCUT2D eigenvalue weighted by molar-refractivity contribution is -0.134. The number of methoxy groups -OCH3 is 3. The molecule has 1 heterocycles. The van der Waals surface area contributed by atoms with E-state index in [1.54, 1.807) is 21.3 Å². The lowest BCUT2D eigenvalue weighted by atomic mass is 10.1. The van der Waals surface area contributed by atoms with Gasteiger partial charge in [-0.2, -0.15) is 0 Å². The third-order valence-corrected chi connectivity index (χ3v) is 4.10. The predicted octanol–water partition coefficient (Wildman–Crippen LogP) is 2.02. The monoisotopic (exact) mass is 322 g/mol. The summed E-state index contributed by atoms with van der Waals surface area (Å²) in [5.41, 5.74) is 1.01. The summed E-state index contributed by atoms with van der Waals surface area (Å²) in [6, 6.07) is 3.89. The number of hydrogen-bond donors (Lipinski definition) is 0. The molecule has 1 fully saturated rings. The Hall–Kier alpha value is -2.11.